The van der Waals surface area contributed by atoms with Crippen LogP contribution in [0.4, 0.5) is 0 Å². The molecule has 1 heteroatoms. The molecule has 0 radical (unpaired) electrons. The van der Waals surface area contributed by atoms with Gasteiger partial charge in [0.2, 0.25) is 0 Å². The second kappa shape index (κ2) is 5.65. The van der Waals surface area contributed by atoms with Gasteiger partial charge in [0.05, 0.1) is 0 Å². The van der Waals surface area contributed by atoms with Gasteiger partial charge in [0.1, 0.15) is 0 Å². The number of fused-ring (bicyclic) bond motifs is 4. The first kappa shape index (κ1) is 18.2. The monoisotopic (exact) mass is 340 g/mol. The number of allylic oxidation sites excluding steroid dienone is 1. The first-order valence-corrected chi connectivity index (χ1v) is 11.2. The van der Waals surface area contributed by atoms with Crippen molar-refractivity contribution in [3.8, 4) is 0 Å². The molecule has 0 nitrogen and oxygen atoms in total. The molecule has 0 heterocycles. The first-order valence-electron chi connectivity index (χ1n) is 11.2. The van der Waals surface area contributed by atoms with Gasteiger partial charge >= 0.3 is 0 Å². The summed E-state index contributed by atoms with van der Waals surface area (Å²) in [6.45, 7) is 23.0. The second-order valence-corrected chi connectivity index (χ2v) is 12.1. The fourth-order valence-electron chi connectivity index (χ4n) is 8.53. The molecule has 0 aromatic rings. The lowest BCUT2D eigenvalue weighted by Gasteiger charge is -2.66. The van der Waals surface area contributed by atoms with Gasteiger partial charge in [-0.15, -0.1) is 6.58 Å². The lowest BCUT2D eigenvalue weighted by atomic mass is 9.20. The molecule has 0 amide bonds. The van der Waals surface area contributed by atoms with E-state index in [0.29, 0.717) is 10.8 Å². The summed E-state index contributed by atoms with van der Waals surface area (Å²) in [6.07, 6.45) is 7.34. The van der Waals surface area contributed by atoms with Crippen molar-refractivity contribution in [1.29, 1.82) is 0 Å². The molecule has 4 bridgehead atoms. The highest BCUT2D eigenvalue weighted by molar-refractivity contribution is 6.63. The SMILES string of the molecule is C=C(C)CB(C1C[C@@H]2C[C@@H](C1C)C2(C)C)C1C[C@@H]2C[C@@H](C1C)C2(C)C. The lowest BCUT2D eigenvalue weighted by molar-refractivity contribution is -0.107. The van der Waals surface area contributed by atoms with Crippen molar-refractivity contribution in [3.63, 3.8) is 0 Å². The van der Waals surface area contributed by atoms with Gasteiger partial charge in [0.15, 0.2) is 6.71 Å². The van der Waals surface area contributed by atoms with Crippen molar-refractivity contribution >= 4 is 6.71 Å². The van der Waals surface area contributed by atoms with Crippen LogP contribution in [-0.4, -0.2) is 6.71 Å². The zero-order valence-corrected chi connectivity index (χ0v) is 17.9. The molecule has 140 valence electrons. The van der Waals surface area contributed by atoms with E-state index in [0.717, 1.165) is 53.9 Å². The highest BCUT2D eigenvalue weighted by atomic mass is 14.6. The average molecular weight is 340 g/mol. The summed E-state index contributed by atoms with van der Waals surface area (Å²) in [4.78, 5) is 0. The molecular formula is C24H41B. The molecule has 6 saturated carbocycles. The summed E-state index contributed by atoms with van der Waals surface area (Å²) in [6, 6.07) is 0. The second-order valence-electron chi connectivity index (χ2n) is 12.1. The number of hydrogen-bond donors (Lipinski definition) is 0. The molecule has 6 aliphatic rings. The number of rotatable bonds is 4. The van der Waals surface area contributed by atoms with Gasteiger partial charge in [-0.25, -0.2) is 0 Å². The van der Waals surface area contributed by atoms with E-state index in [9.17, 15) is 0 Å². The lowest BCUT2D eigenvalue weighted by Crippen LogP contribution is -2.59. The van der Waals surface area contributed by atoms with Crippen molar-refractivity contribution in [2.45, 2.75) is 92.1 Å². The van der Waals surface area contributed by atoms with Crippen LogP contribution in [0.2, 0.25) is 18.0 Å². The molecule has 0 aliphatic heterocycles. The van der Waals surface area contributed by atoms with E-state index in [1.807, 2.05) is 0 Å². The van der Waals surface area contributed by atoms with E-state index in [-0.39, 0.29) is 0 Å². The van der Waals surface area contributed by atoms with Crippen LogP contribution >= 0.6 is 0 Å². The normalized spacial score (nSPS) is 48.9. The molecule has 0 N–H and O–H groups in total. The van der Waals surface area contributed by atoms with Crippen LogP contribution in [-0.2, 0) is 0 Å². The molecule has 0 spiro atoms. The quantitative estimate of drug-likeness (QED) is 0.375. The summed E-state index contributed by atoms with van der Waals surface area (Å²) in [5, 5.41) is 0. The molecule has 0 aromatic heterocycles. The molecule has 6 aliphatic carbocycles. The van der Waals surface area contributed by atoms with E-state index in [1.165, 1.54) is 37.6 Å². The first-order chi connectivity index (χ1) is 11.5. The van der Waals surface area contributed by atoms with Crippen molar-refractivity contribution < 1.29 is 0 Å². The topological polar surface area (TPSA) is 0 Å². The molecule has 8 atom stereocenters. The Morgan fingerprint density at radius 1 is 0.840 bits per heavy atom. The zero-order valence-electron chi connectivity index (χ0n) is 17.9. The van der Waals surface area contributed by atoms with Crippen molar-refractivity contribution in [2.24, 2.45) is 46.3 Å². The van der Waals surface area contributed by atoms with Crippen LogP contribution in [0.5, 0.6) is 0 Å². The van der Waals surface area contributed by atoms with Crippen LogP contribution in [0.25, 0.3) is 0 Å². The fourth-order valence-corrected chi connectivity index (χ4v) is 8.53. The summed E-state index contributed by atoms with van der Waals surface area (Å²) >= 11 is 0. The predicted octanol–water partition coefficient (Wildman–Crippen LogP) is 7.20. The van der Waals surface area contributed by atoms with Crippen molar-refractivity contribution in [2.75, 3.05) is 0 Å². The van der Waals surface area contributed by atoms with Crippen molar-refractivity contribution in [3.05, 3.63) is 12.2 Å². The number of hydrogen-bond acceptors (Lipinski definition) is 0. The molecule has 0 saturated heterocycles. The fraction of sp³-hybridized carbons (Fsp3) is 0.917. The Hall–Kier alpha value is -0.195. The molecule has 4 unspecified atom stereocenters. The summed E-state index contributed by atoms with van der Waals surface area (Å²) in [7, 11) is 0. The maximum Gasteiger partial charge on any atom is 0.151 e. The predicted molar refractivity (Wildman–Crippen MR) is 111 cm³/mol. The standard InChI is InChI=1S/C24H41B/c1-14(2)13-25(21-11-17-9-19(15(21)3)23(17,5)6)22-12-18-10-20(16(22)4)24(18,7)8/h15-22H,1,9-13H2,2-8H3/t15?,16?,17-,18-,19-,20-,21?,22?/m0/s1. The maximum atomic E-state index is 4.35. The van der Waals surface area contributed by atoms with Gasteiger partial charge in [-0.3, -0.25) is 0 Å². The van der Waals surface area contributed by atoms with Gasteiger partial charge in [-0.2, -0.15) is 0 Å². The van der Waals surface area contributed by atoms with Gasteiger partial charge in [0, 0.05) is 0 Å². The maximum absolute atomic E-state index is 4.35. The third kappa shape index (κ3) is 2.46. The summed E-state index contributed by atoms with van der Waals surface area (Å²) in [5.41, 5.74) is 2.67. The average Bonchev–Trinajstić information content (AvgIpc) is 2.52. The smallest absolute Gasteiger partial charge is 0.101 e. The van der Waals surface area contributed by atoms with Crippen LogP contribution in [0.3, 0.4) is 0 Å². The van der Waals surface area contributed by atoms with Crippen LogP contribution < -0.4 is 0 Å². The Morgan fingerprint density at radius 3 is 1.52 bits per heavy atom. The third-order valence-corrected chi connectivity index (χ3v) is 10.5. The van der Waals surface area contributed by atoms with Gasteiger partial charge in [-0.05, 0) is 66.1 Å². The molecule has 6 rings (SSSR count). The van der Waals surface area contributed by atoms with Crippen LogP contribution in [0.15, 0.2) is 12.2 Å². The highest BCUT2D eigenvalue weighted by Gasteiger charge is 2.62. The molecule has 6 fully saturated rings. The zero-order chi connectivity index (χ0) is 18.3. The Kier molecular flexibility index (Phi) is 4.11. The van der Waals surface area contributed by atoms with E-state index in [1.54, 1.807) is 0 Å². The minimum atomic E-state index is 0.617. The summed E-state index contributed by atoms with van der Waals surface area (Å²) < 4.78 is 0. The largest absolute Gasteiger partial charge is 0.151 e. The molecule has 0 aromatic carbocycles. The minimum absolute atomic E-state index is 0.617. The molecule has 25 heavy (non-hydrogen) atoms. The highest BCUT2D eigenvalue weighted by Crippen LogP contribution is 2.69. The van der Waals surface area contributed by atoms with Gasteiger partial charge in [0.25, 0.3) is 0 Å². The van der Waals surface area contributed by atoms with Crippen LogP contribution in [0, 0.1) is 46.3 Å². The minimum Gasteiger partial charge on any atom is -0.101 e. The Labute approximate surface area is 157 Å². The van der Waals surface area contributed by atoms with Gasteiger partial charge < -0.3 is 0 Å². The third-order valence-electron chi connectivity index (χ3n) is 10.5. The van der Waals surface area contributed by atoms with E-state index < -0.39 is 0 Å². The van der Waals surface area contributed by atoms with E-state index in [2.05, 4.69) is 55.0 Å². The Balaban J connectivity index is 1.57. The summed E-state index contributed by atoms with van der Waals surface area (Å²) in [5.74, 6) is 7.71. The van der Waals surface area contributed by atoms with E-state index in [4.69, 9.17) is 0 Å². The molecular weight excluding hydrogens is 299 g/mol. The van der Waals surface area contributed by atoms with Gasteiger partial charge in [-0.1, -0.05) is 77.9 Å². The Bertz CT molecular complexity index is 516. The Morgan fingerprint density at radius 2 is 1.24 bits per heavy atom. The van der Waals surface area contributed by atoms with Crippen LogP contribution in [0.1, 0.15) is 74.1 Å². The van der Waals surface area contributed by atoms with E-state index >= 15 is 0 Å². The van der Waals surface area contributed by atoms with Crippen molar-refractivity contribution in [1.82, 2.24) is 0 Å².